The third kappa shape index (κ3) is 3.81. The van der Waals surface area contributed by atoms with E-state index in [1.807, 2.05) is 0 Å². The first-order chi connectivity index (χ1) is 7.66. The summed E-state index contributed by atoms with van der Waals surface area (Å²) in [6.07, 6.45) is 1.14. The molecule has 0 aromatic heterocycles. The highest BCUT2D eigenvalue weighted by Gasteiger charge is 2.19. The van der Waals surface area contributed by atoms with Crippen LogP contribution in [0.15, 0.2) is 18.2 Å². The van der Waals surface area contributed by atoms with Crippen LogP contribution in [0.2, 0.25) is 5.02 Å². The quantitative estimate of drug-likeness (QED) is 0.915. The summed E-state index contributed by atoms with van der Waals surface area (Å²) in [6, 6.07) is 5.05. The first-order valence-electron chi connectivity index (χ1n) is 5.51. The van der Waals surface area contributed by atoms with Crippen LogP contribution in [0.1, 0.15) is 12.0 Å². The standard InChI is InChI=1S/C12H16ClFN2.ClH/c1-16(11-4-5-15-7-11)8-9-6-10(14)2-3-12(9)13;/h2-3,6,11,15H,4-5,7-8H2,1H3;1H. The summed E-state index contributed by atoms with van der Waals surface area (Å²) in [5.41, 5.74) is 0.857. The lowest BCUT2D eigenvalue weighted by Gasteiger charge is -2.23. The molecule has 1 saturated heterocycles. The van der Waals surface area contributed by atoms with E-state index in [4.69, 9.17) is 11.6 Å². The highest BCUT2D eigenvalue weighted by atomic mass is 35.5. The molecule has 1 fully saturated rings. The zero-order valence-electron chi connectivity index (χ0n) is 9.75. The highest BCUT2D eigenvalue weighted by molar-refractivity contribution is 6.31. The number of nitrogens with zero attached hydrogens (tertiary/aromatic N) is 1. The Kier molecular flexibility index (Phi) is 5.67. The largest absolute Gasteiger partial charge is 0.315 e. The third-order valence-corrected chi connectivity index (χ3v) is 3.45. The summed E-state index contributed by atoms with van der Waals surface area (Å²) in [4.78, 5) is 2.22. The second kappa shape index (κ2) is 6.55. The molecule has 1 aromatic carbocycles. The van der Waals surface area contributed by atoms with Gasteiger partial charge in [-0.2, -0.15) is 0 Å². The van der Waals surface area contributed by atoms with Gasteiger partial charge in [0.05, 0.1) is 0 Å². The molecule has 0 bridgehead atoms. The summed E-state index contributed by atoms with van der Waals surface area (Å²) in [5, 5.41) is 3.95. The Labute approximate surface area is 113 Å². The Bertz CT molecular complexity index is 368. The van der Waals surface area contributed by atoms with Gasteiger partial charge in [0.1, 0.15) is 5.82 Å². The summed E-state index contributed by atoms with van der Waals surface area (Å²) in [6.45, 7) is 2.76. The van der Waals surface area contributed by atoms with Crippen LogP contribution >= 0.6 is 24.0 Å². The van der Waals surface area contributed by atoms with Crippen LogP contribution in [-0.2, 0) is 6.54 Å². The monoisotopic (exact) mass is 278 g/mol. The fourth-order valence-electron chi connectivity index (χ4n) is 2.08. The molecule has 1 atom stereocenters. The molecule has 1 N–H and O–H groups in total. The van der Waals surface area contributed by atoms with Gasteiger partial charge in [0.25, 0.3) is 0 Å². The molecular weight excluding hydrogens is 262 g/mol. The highest BCUT2D eigenvalue weighted by Crippen LogP contribution is 2.20. The first-order valence-corrected chi connectivity index (χ1v) is 5.89. The second-order valence-electron chi connectivity index (χ2n) is 4.30. The third-order valence-electron chi connectivity index (χ3n) is 3.09. The minimum Gasteiger partial charge on any atom is -0.315 e. The second-order valence-corrected chi connectivity index (χ2v) is 4.70. The van der Waals surface area contributed by atoms with Gasteiger partial charge in [-0.15, -0.1) is 12.4 Å². The Morgan fingerprint density at radius 3 is 2.94 bits per heavy atom. The van der Waals surface area contributed by atoms with Crippen molar-refractivity contribution in [1.29, 1.82) is 0 Å². The zero-order valence-corrected chi connectivity index (χ0v) is 11.3. The van der Waals surface area contributed by atoms with Crippen molar-refractivity contribution in [2.45, 2.75) is 19.0 Å². The lowest BCUT2D eigenvalue weighted by atomic mass is 10.1. The summed E-state index contributed by atoms with van der Waals surface area (Å²) < 4.78 is 13.1. The molecule has 0 radical (unpaired) electrons. The van der Waals surface area contributed by atoms with Crippen molar-refractivity contribution in [2.75, 3.05) is 20.1 Å². The van der Waals surface area contributed by atoms with Crippen LogP contribution < -0.4 is 5.32 Å². The van der Waals surface area contributed by atoms with E-state index in [9.17, 15) is 4.39 Å². The minimum absolute atomic E-state index is 0. The predicted octanol–water partition coefficient (Wildman–Crippen LogP) is 2.69. The van der Waals surface area contributed by atoms with Gasteiger partial charge in [-0.25, -0.2) is 4.39 Å². The van der Waals surface area contributed by atoms with E-state index >= 15 is 0 Å². The molecular formula is C12H17Cl2FN2. The molecule has 0 amide bonds. The SMILES string of the molecule is CN(Cc1cc(F)ccc1Cl)C1CCNC1.Cl. The summed E-state index contributed by atoms with van der Waals surface area (Å²) in [7, 11) is 2.05. The van der Waals surface area contributed by atoms with Crippen molar-refractivity contribution in [3.8, 4) is 0 Å². The lowest BCUT2D eigenvalue weighted by Crippen LogP contribution is -2.32. The molecule has 2 nitrogen and oxygen atoms in total. The Balaban J connectivity index is 0.00000144. The van der Waals surface area contributed by atoms with Crippen LogP contribution in [-0.4, -0.2) is 31.1 Å². The van der Waals surface area contributed by atoms with Crippen molar-refractivity contribution in [2.24, 2.45) is 0 Å². The van der Waals surface area contributed by atoms with Crippen molar-refractivity contribution < 1.29 is 4.39 Å². The lowest BCUT2D eigenvalue weighted by molar-refractivity contribution is 0.248. The van der Waals surface area contributed by atoms with E-state index < -0.39 is 0 Å². The molecule has 1 heterocycles. The molecule has 96 valence electrons. The molecule has 0 spiro atoms. The van der Waals surface area contributed by atoms with E-state index in [0.717, 1.165) is 25.1 Å². The number of hydrogen-bond donors (Lipinski definition) is 1. The maximum Gasteiger partial charge on any atom is 0.123 e. The number of rotatable bonds is 3. The Morgan fingerprint density at radius 2 is 2.29 bits per heavy atom. The number of likely N-dealkylation sites (N-methyl/N-ethyl adjacent to an activating group) is 1. The Hall–Kier alpha value is -0.350. The average Bonchev–Trinajstić information content (AvgIpc) is 2.76. The topological polar surface area (TPSA) is 15.3 Å². The molecule has 17 heavy (non-hydrogen) atoms. The van der Waals surface area contributed by atoms with E-state index in [-0.39, 0.29) is 18.2 Å². The van der Waals surface area contributed by atoms with Crippen molar-refractivity contribution in [3.63, 3.8) is 0 Å². The first kappa shape index (κ1) is 14.7. The zero-order chi connectivity index (χ0) is 11.5. The van der Waals surface area contributed by atoms with Crippen molar-refractivity contribution >= 4 is 24.0 Å². The van der Waals surface area contributed by atoms with Gasteiger partial charge in [0, 0.05) is 24.2 Å². The fraction of sp³-hybridized carbons (Fsp3) is 0.500. The van der Waals surface area contributed by atoms with Gasteiger partial charge in [-0.1, -0.05) is 11.6 Å². The van der Waals surface area contributed by atoms with Gasteiger partial charge < -0.3 is 5.32 Å². The van der Waals surface area contributed by atoms with Gasteiger partial charge >= 0.3 is 0 Å². The number of halogens is 3. The van der Waals surface area contributed by atoms with E-state index in [0.29, 0.717) is 17.6 Å². The fourth-order valence-corrected chi connectivity index (χ4v) is 2.26. The molecule has 0 aliphatic carbocycles. The number of nitrogens with one attached hydrogen (secondary N) is 1. The maximum atomic E-state index is 13.1. The molecule has 1 aromatic rings. The number of hydrogen-bond acceptors (Lipinski definition) is 2. The van der Waals surface area contributed by atoms with Crippen LogP contribution in [0, 0.1) is 5.82 Å². The molecule has 2 rings (SSSR count). The summed E-state index contributed by atoms with van der Waals surface area (Å²) in [5.74, 6) is -0.225. The van der Waals surface area contributed by atoms with Crippen LogP contribution in [0.5, 0.6) is 0 Å². The average molecular weight is 279 g/mol. The summed E-state index contributed by atoms with van der Waals surface area (Å²) >= 11 is 6.04. The Morgan fingerprint density at radius 1 is 1.53 bits per heavy atom. The molecule has 1 aliphatic heterocycles. The van der Waals surface area contributed by atoms with Gasteiger partial charge in [-0.3, -0.25) is 4.90 Å². The molecule has 0 saturated carbocycles. The molecule has 1 aliphatic rings. The normalized spacial score (nSPS) is 19.4. The van der Waals surface area contributed by atoms with Gasteiger partial charge in [0.15, 0.2) is 0 Å². The van der Waals surface area contributed by atoms with Gasteiger partial charge in [-0.05, 0) is 43.8 Å². The smallest absolute Gasteiger partial charge is 0.123 e. The molecule has 1 unspecified atom stereocenters. The van der Waals surface area contributed by atoms with Crippen LogP contribution in [0.25, 0.3) is 0 Å². The van der Waals surface area contributed by atoms with Crippen LogP contribution in [0.3, 0.4) is 0 Å². The van der Waals surface area contributed by atoms with Crippen LogP contribution in [0.4, 0.5) is 4.39 Å². The minimum atomic E-state index is -0.225. The number of benzene rings is 1. The van der Waals surface area contributed by atoms with E-state index in [1.54, 1.807) is 6.07 Å². The van der Waals surface area contributed by atoms with E-state index in [1.165, 1.54) is 12.1 Å². The predicted molar refractivity (Wildman–Crippen MR) is 71.4 cm³/mol. The maximum absolute atomic E-state index is 13.1. The van der Waals surface area contributed by atoms with Crippen molar-refractivity contribution in [3.05, 3.63) is 34.6 Å². The molecule has 5 heteroatoms. The van der Waals surface area contributed by atoms with E-state index in [2.05, 4.69) is 17.3 Å². The van der Waals surface area contributed by atoms with Crippen molar-refractivity contribution in [1.82, 2.24) is 10.2 Å². The van der Waals surface area contributed by atoms with Gasteiger partial charge in [0.2, 0.25) is 0 Å².